The average molecular weight is 305 g/mol. The number of rotatable bonds is 2. The first-order valence-electron chi connectivity index (χ1n) is 7.39. The lowest BCUT2D eigenvalue weighted by atomic mass is 10.1. The first-order chi connectivity index (χ1) is 10.1. The summed E-state index contributed by atoms with van der Waals surface area (Å²) in [5, 5.41) is 5.45. The number of aryl methyl sites for hydroxylation is 1. The number of nitrogens with zero attached hydrogens (tertiary/aromatic N) is 3. The molecule has 1 aromatic carbocycles. The summed E-state index contributed by atoms with van der Waals surface area (Å²) in [4.78, 5) is 2.41. The van der Waals surface area contributed by atoms with Gasteiger partial charge in [0.05, 0.1) is 22.8 Å². The van der Waals surface area contributed by atoms with Crippen LogP contribution in [-0.4, -0.2) is 28.9 Å². The van der Waals surface area contributed by atoms with Gasteiger partial charge < -0.3 is 10.6 Å². The van der Waals surface area contributed by atoms with Gasteiger partial charge in [-0.1, -0.05) is 11.6 Å². The highest BCUT2D eigenvalue weighted by molar-refractivity contribution is 6.30. The summed E-state index contributed by atoms with van der Waals surface area (Å²) in [5.74, 6) is 0. The molecule has 4 nitrogen and oxygen atoms in total. The summed E-state index contributed by atoms with van der Waals surface area (Å²) in [5.41, 5.74) is 10.5. The van der Waals surface area contributed by atoms with E-state index < -0.39 is 0 Å². The Balaban J connectivity index is 1.94. The predicted molar refractivity (Wildman–Crippen MR) is 87.5 cm³/mol. The monoisotopic (exact) mass is 304 g/mol. The summed E-state index contributed by atoms with van der Waals surface area (Å²) in [7, 11) is 0. The third-order valence-corrected chi connectivity index (χ3v) is 4.43. The Kier molecular flexibility index (Phi) is 3.91. The Morgan fingerprint density at radius 2 is 1.76 bits per heavy atom. The number of hydrogen-bond donors (Lipinski definition) is 1. The number of anilines is 1. The Hall–Kier alpha value is -1.52. The van der Waals surface area contributed by atoms with Crippen molar-refractivity contribution < 1.29 is 0 Å². The van der Waals surface area contributed by atoms with E-state index in [4.69, 9.17) is 22.4 Å². The van der Waals surface area contributed by atoms with Crippen molar-refractivity contribution in [3.8, 4) is 5.69 Å². The number of halogens is 1. The van der Waals surface area contributed by atoms with Gasteiger partial charge in [-0.25, -0.2) is 4.68 Å². The Morgan fingerprint density at radius 1 is 1.14 bits per heavy atom. The zero-order valence-corrected chi connectivity index (χ0v) is 13.3. The molecule has 1 saturated heterocycles. The van der Waals surface area contributed by atoms with Crippen LogP contribution in [0.5, 0.6) is 0 Å². The van der Waals surface area contributed by atoms with Gasteiger partial charge in [-0.05, 0) is 51.0 Å². The molecule has 1 aromatic heterocycles. The maximum Gasteiger partial charge on any atom is 0.0834 e. The summed E-state index contributed by atoms with van der Waals surface area (Å²) in [6.45, 7) is 6.21. The van der Waals surface area contributed by atoms with E-state index in [-0.39, 0.29) is 0 Å². The molecular formula is C16H21ClN4. The average Bonchev–Trinajstić information content (AvgIpc) is 2.76. The second-order valence-corrected chi connectivity index (χ2v) is 6.17. The molecule has 5 heteroatoms. The molecule has 112 valence electrons. The van der Waals surface area contributed by atoms with E-state index in [0.29, 0.717) is 6.04 Å². The molecule has 0 atom stereocenters. The van der Waals surface area contributed by atoms with E-state index >= 15 is 0 Å². The minimum atomic E-state index is 0.341. The summed E-state index contributed by atoms with van der Waals surface area (Å²) >= 11 is 5.96. The van der Waals surface area contributed by atoms with Gasteiger partial charge in [0.15, 0.2) is 0 Å². The van der Waals surface area contributed by atoms with Gasteiger partial charge in [0.25, 0.3) is 0 Å². The van der Waals surface area contributed by atoms with E-state index in [9.17, 15) is 0 Å². The van der Waals surface area contributed by atoms with E-state index in [1.165, 1.54) is 11.4 Å². The molecule has 1 aliphatic heterocycles. The van der Waals surface area contributed by atoms with Crippen LogP contribution in [0.2, 0.25) is 5.02 Å². The molecule has 0 amide bonds. The van der Waals surface area contributed by atoms with Crippen molar-refractivity contribution in [3.63, 3.8) is 0 Å². The van der Waals surface area contributed by atoms with E-state index in [2.05, 4.69) is 18.7 Å². The fraction of sp³-hybridized carbons (Fsp3) is 0.438. The van der Waals surface area contributed by atoms with E-state index in [1.807, 2.05) is 28.9 Å². The molecular weight excluding hydrogens is 284 g/mol. The topological polar surface area (TPSA) is 47.1 Å². The lowest BCUT2D eigenvalue weighted by Crippen LogP contribution is -2.40. The van der Waals surface area contributed by atoms with Gasteiger partial charge in [-0.3, -0.25) is 0 Å². The largest absolute Gasteiger partial charge is 0.368 e. The molecule has 1 fully saturated rings. The number of hydrogen-bond acceptors (Lipinski definition) is 3. The predicted octanol–water partition coefficient (Wildman–Crippen LogP) is 3.07. The van der Waals surface area contributed by atoms with Crippen LogP contribution < -0.4 is 10.6 Å². The van der Waals surface area contributed by atoms with Crippen LogP contribution >= 0.6 is 11.6 Å². The third kappa shape index (κ3) is 2.78. The van der Waals surface area contributed by atoms with Crippen LogP contribution in [0, 0.1) is 13.8 Å². The van der Waals surface area contributed by atoms with Crippen molar-refractivity contribution in [2.24, 2.45) is 5.73 Å². The highest BCUT2D eigenvalue weighted by Gasteiger charge is 2.22. The second-order valence-electron chi connectivity index (χ2n) is 5.73. The molecule has 0 radical (unpaired) electrons. The van der Waals surface area contributed by atoms with Gasteiger partial charge in [-0.2, -0.15) is 5.10 Å². The molecule has 0 bridgehead atoms. The van der Waals surface area contributed by atoms with Gasteiger partial charge in [0, 0.05) is 24.2 Å². The Bertz CT molecular complexity index is 624. The van der Waals surface area contributed by atoms with Crippen molar-refractivity contribution in [2.45, 2.75) is 32.7 Å². The number of piperidine rings is 1. The van der Waals surface area contributed by atoms with Crippen LogP contribution in [0.4, 0.5) is 5.69 Å². The van der Waals surface area contributed by atoms with E-state index in [1.54, 1.807) is 0 Å². The van der Waals surface area contributed by atoms with Gasteiger partial charge >= 0.3 is 0 Å². The molecule has 2 aromatic rings. The highest BCUT2D eigenvalue weighted by atomic mass is 35.5. The zero-order chi connectivity index (χ0) is 15.0. The minimum Gasteiger partial charge on any atom is -0.368 e. The van der Waals surface area contributed by atoms with Crippen LogP contribution in [0.1, 0.15) is 24.2 Å². The Labute approximate surface area is 130 Å². The molecule has 3 rings (SSSR count). The molecule has 2 heterocycles. The van der Waals surface area contributed by atoms with Crippen molar-refractivity contribution in [1.29, 1.82) is 0 Å². The summed E-state index contributed by atoms with van der Waals surface area (Å²) < 4.78 is 2.00. The van der Waals surface area contributed by atoms with Crippen molar-refractivity contribution >= 4 is 17.3 Å². The first-order valence-corrected chi connectivity index (χ1v) is 7.77. The van der Waals surface area contributed by atoms with Gasteiger partial charge in [-0.15, -0.1) is 0 Å². The van der Waals surface area contributed by atoms with Crippen LogP contribution in [0.3, 0.4) is 0 Å². The van der Waals surface area contributed by atoms with Crippen LogP contribution in [0.25, 0.3) is 5.69 Å². The van der Waals surface area contributed by atoms with Crippen LogP contribution in [-0.2, 0) is 0 Å². The minimum absolute atomic E-state index is 0.341. The third-order valence-electron chi connectivity index (χ3n) is 4.18. The molecule has 1 aliphatic rings. The zero-order valence-electron chi connectivity index (χ0n) is 12.5. The second kappa shape index (κ2) is 5.70. The number of nitrogens with two attached hydrogens (primary N) is 1. The van der Waals surface area contributed by atoms with Crippen molar-refractivity contribution in [2.75, 3.05) is 18.0 Å². The first kappa shape index (κ1) is 14.4. The Morgan fingerprint density at radius 3 is 2.38 bits per heavy atom. The summed E-state index contributed by atoms with van der Waals surface area (Å²) in [6, 6.07) is 8.13. The SMILES string of the molecule is Cc1nn(-c2ccc(Cl)cc2)c(C)c1N1CCC(N)CC1. The normalized spacial score (nSPS) is 16.5. The molecule has 0 saturated carbocycles. The van der Waals surface area contributed by atoms with E-state index in [0.717, 1.165) is 42.3 Å². The molecule has 21 heavy (non-hydrogen) atoms. The van der Waals surface area contributed by atoms with Gasteiger partial charge in [0.2, 0.25) is 0 Å². The quantitative estimate of drug-likeness (QED) is 0.927. The smallest absolute Gasteiger partial charge is 0.0834 e. The maximum absolute atomic E-state index is 6.00. The standard InChI is InChI=1S/C16H21ClN4/c1-11-16(20-9-7-14(18)8-10-20)12(2)21(19-11)15-5-3-13(17)4-6-15/h3-6,14H,7-10,18H2,1-2H3. The number of aromatic nitrogens is 2. The molecule has 0 spiro atoms. The lowest BCUT2D eigenvalue weighted by molar-refractivity contribution is 0.500. The van der Waals surface area contributed by atoms with Crippen LogP contribution in [0.15, 0.2) is 24.3 Å². The maximum atomic E-state index is 6.00. The summed E-state index contributed by atoms with van der Waals surface area (Å²) in [6.07, 6.45) is 2.09. The fourth-order valence-electron chi connectivity index (χ4n) is 3.05. The van der Waals surface area contributed by atoms with Crippen molar-refractivity contribution in [3.05, 3.63) is 40.7 Å². The fourth-order valence-corrected chi connectivity index (χ4v) is 3.17. The van der Waals surface area contributed by atoms with Gasteiger partial charge in [0.1, 0.15) is 0 Å². The molecule has 2 N–H and O–H groups in total. The van der Waals surface area contributed by atoms with Crippen molar-refractivity contribution in [1.82, 2.24) is 9.78 Å². The number of benzene rings is 1. The lowest BCUT2D eigenvalue weighted by Gasteiger charge is -2.32. The molecule has 0 aliphatic carbocycles. The molecule has 0 unspecified atom stereocenters. The highest BCUT2D eigenvalue weighted by Crippen LogP contribution is 2.29.